The molecule has 0 aliphatic carbocycles. The first kappa shape index (κ1) is 14.8. The third-order valence-corrected chi connectivity index (χ3v) is 3.15. The molecule has 2 nitrogen and oxygen atoms in total. The summed E-state index contributed by atoms with van der Waals surface area (Å²) in [6.07, 6.45) is 8.62. The molecular weight excluding hydrogens is 208 g/mol. The molecular formula is C12H22O2S. The van der Waals surface area contributed by atoms with E-state index in [1.807, 2.05) is 38.2 Å². The van der Waals surface area contributed by atoms with Gasteiger partial charge in [0.2, 0.25) is 0 Å². The van der Waals surface area contributed by atoms with Crippen molar-refractivity contribution in [3.05, 3.63) is 24.3 Å². The van der Waals surface area contributed by atoms with Gasteiger partial charge in [-0.05, 0) is 26.7 Å². The van der Waals surface area contributed by atoms with Crippen molar-refractivity contribution in [3.8, 4) is 0 Å². The molecule has 0 aromatic heterocycles. The zero-order valence-corrected chi connectivity index (χ0v) is 10.4. The number of aliphatic hydroxyl groups excluding tert-OH is 2. The number of aliphatic hydroxyl groups is 2. The van der Waals surface area contributed by atoms with Crippen LogP contribution in [0.4, 0.5) is 0 Å². The minimum Gasteiger partial charge on any atom is -0.392 e. The summed E-state index contributed by atoms with van der Waals surface area (Å²) >= 11 is 1.60. The van der Waals surface area contributed by atoms with Crippen LogP contribution in [-0.2, 0) is 0 Å². The highest BCUT2D eigenvalue weighted by atomic mass is 32.2. The Kier molecular flexibility index (Phi) is 10.1. The second-order valence-corrected chi connectivity index (χ2v) is 4.53. The minimum absolute atomic E-state index is 0.292. The molecule has 0 aliphatic heterocycles. The van der Waals surface area contributed by atoms with E-state index in [0.29, 0.717) is 24.3 Å². The molecule has 0 heterocycles. The van der Waals surface area contributed by atoms with Gasteiger partial charge < -0.3 is 10.2 Å². The molecule has 0 spiro atoms. The highest BCUT2D eigenvalue weighted by Gasteiger charge is 2.05. The third-order valence-electron chi connectivity index (χ3n) is 1.91. The van der Waals surface area contributed by atoms with E-state index in [1.54, 1.807) is 11.8 Å². The topological polar surface area (TPSA) is 40.5 Å². The molecule has 0 aromatic rings. The van der Waals surface area contributed by atoms with E-state index >= 15 is 0 Å². The van der Waals surface area contributed by atoms with E-state index in [0.717, 1.165) is 0 Å². The maximum absolute atomic E-state index is 9.50. The maximum Gasteiger partial charge on any atom is 0.0664 e. The van der Waals surface area contributed by atoms with E-state index in [-0.39, 0.29) is 12.2 Å². The average Bonchev–Trinajstić information content (AvgIpc) is 2.23. The van der Waals surface area contributed by atoms with Gasteiger partial charge in [-0.1, -0.05) is 24.3 Å². The molecule has 2 unspecified atom stereocenters. The number of thioether (sulfide) groups is 1. The number of rotatable bonds is 8. The molecule has 0 aliphatic rings. The Balaban J connectivity index is 3.43. The summed E-state index contributed by atoms with van der Waals surface area (Å²) in [5.41, 5.74) is 0. The van der Waals surface area contributed by atoms with Crippen molar-refractivity contribution in [2.24, 2.45) is 0 Å². The summed E-state index contributed by atoms with van der Waals surface area (Å²) in [6.45, 7) is 3.89. The number of hydrogen-bond acceptors (Lipinski definition) is 3. The zero-order chi connectivity index (χ0) is 11.5. The van der Waals surface area contributed by atoms with E-state index in [2.05, 4.69) is 0 Å². The van der Waals surface area contributed by atoms with Crippen LogP contribution in [0.15, 0.2) is 24.3 Å². The lowest BCUT2D eigenvalue weighted by molar-refractivity contribution is 0.198. The Bertz CT molecular complexity index is 170. The minimum atomic E-state index is -0.292. The van der Waals surface area contributed by atoms with Gasteiger partial charge in [0.05, 0.1) is 12.2 Å². The Morgan fingerprint density at radius 3 is 1.67 bits per heavy atom. The second-order valence-electron chi connectivity index (χ2n) is 3.45. The number of allylic oxidation sites excluding steroid dienone is 2. The highest BCUT2D eigenvalue weighted by Crippen LogP contribution is 2.10. The van der Waals surface area contributed by atoms with Gasteiger partial charge in [0.1, 0.15) is 0 Å². The largest absolute Gasteiger partial charge is 0.392 e. The Hall–Kier alpha value is -0.250. The van der Waals surface area contributed by atoms with Gasteiger partial charge >= 0.3 is 0 Å². The third kappa shape index (κ3) is 10.0. The predicted molar refractivity (Wildman–Crippen MR) is 68.2 cm³/mol. The van der Waals surface area contributed by atoms with Gasteiger partial charge in [0, 0.05) is 11.5 Å². The van der Waals surface area contributed by atoms with E-state index in [4.69, 9.17) is 0 Å². The monoisotopic (exact) mass is 230 g/mol. The maximum atomic E-state index is 9.50. The Morgan fingerprint density at radius 1 is 0.933 bits per heavy atom. The van der Waals surface area contributed by atoms with Gasteiger partial charge in [-0.3, -0.25) is 0 Å². The van der Waals surface area contributed by atoms with Gasteiger partial charge in [-0.2, -0.15) is 11.8 Å². The summed E-state index contributed by atoms with van der Waals surface area (Å²) in [6, 6.07) is 0. The van der Waals surface area contributed by atoms with Crippen molar-refractivity contribution in [2.75, 3.05) is 11.5 Å². The molecule has 2 atom stereocenters. The molecule has 88 valence electrons. The fourth-order valence-corrected chi connectivity index (χ4v) is 2.01. The van der Waals surface area contributed by atoms with Crippen molar-refractivity contribution < 1.29 is 10.2 Å². The zero-order valence-electron chi connectivity index (χ0n) is 9.60. The van der Waals surface area contributed by atoms with Crippen molar-refractivity contribution >= 4 is 11.8 Å². The van der Waals surface area contributed by atoms with E-state index in [9.17, 15) is 10.2 Å². The van der Waals surface area contributed by atoms with Gasteiger partial charge in [-0.15, -0.1) is 0 Å². The lowest BCUT2D eigenvalue weighted by atomic mass is 10.3. The normalized spacial score (nSPS) is 16.3. The number of hydrogen-bond donors (Lipinski definition) is 2. The van der Waals surface area contributed by atoms with Crippen LogP contribution in [0.2, 0.25) is 0 Å². The van der Waals surface area contributed by atoms with Crippen LogP contribution >= 0.6 is 11.8 Å². The molecule has 15 heavy (non-hydrogen) atoms. The quantitative estimate of drug-likeness (QED) is 0.629. The van der Waals surface area contributed by atoms with Crippen LogP contribution in [-0.4, -0.2) is 33.9 Å². The summed E-state index contributed by atoms with van der Waals surface area (Å²) in [5, 5.41) is 19.0. The first-order valence-corrected chi connectivity index (χ1v) is 6.52. The predicted octanol–water partition coefficient (Wildman–Crippen LogP) is 2.37. The lowest BCUT2D eigenvalue weighted by Gasteiger charge is -2.10. The van der Waals surface area contributed by atoms with Crippen molar-refractivity contribution in [1.82, 2.24) is 0 Å². The molecule has 0 aromatic carbocycles. The van der Waals surface area contributed by atoms with Crippen molar-refractivity contribution in [2.45, 2.75) is 38.9 Å². The van der Waals surface area contributed by atoms with Crippen LogP contribution in [0.5, 0.6) is 0 Å². The molecule has 0 rings (SSSR count). The second kappa shape index (κ2) is 10.3. The van der Waals surface area contributed by atoms with Crippen LogP contribution in [0.25, 0.3) is 0 Å². The van der Waals surface area contributed by atoms with Crippen molar-refractivity contribution in [1.29, 1.82) is 0 Å². The summed E-state index contributed by atoms with van der Waals surface area (Å²) in [7, 11) is 0. The molecule has 0 radical (unpaired) electrons. The van der Waals surface area contributed by atoms with Gasteiger partial charge in [-0.25, -0.2) is 0 Å². The summed E-state index contributed by atoms with van der Waals surface area (Å²) in [5.74, 6) is 1.38. The fraction of sp³-hybridized carbons (Fsp3) is 0.667. The van der Waals surface area contributed by atoms with Crippen LogP contribution in [0.1, 0.15) is 26.7 Å². The van der Waals surface area contributed by atoms with Crippen LogP contribution < -0.4 is 0 Å². The van der Waals surface area contributed by atoms with Gasteiger partial charge in [0.15, 0.2) is 0 Å². The fourth-order valence-electron chi connectivity index (χ4n) is 1.06. The highest BCUT2D eigenvalue weighted by molar-refractivity contribution is 7.99. The van der Waals surface area contributed by atoms with Gasteiger partial charge in [0.25, 0.3) is 0 Å². The standard InChI is InChI=1S/C12H22O2S/c1-3-5-7-11(13)9-15-10-12(14)8-6-4-2/h3-6,11-14H,7-10H2,1-2H3. The Morgan fingerprint density at radius 2 is 1.33 bits per heavy atom. The van der Waals surface area contributed by atoms with Crippen LogP contribution in [0.3, 0.4) is 0 Å². The SMILES string of the molecule is CC=CCC(O)CSCC(O)CC=CC. The molecule has 0 bridgehead atoms. The smallest absolute Gasteiger partial charge is 0.0664 e. The summed E-state index contributed by atoms with van der Waals surface area (Å²) in [4.78, 5) is 0. The molecule has 0 saturated carbocycles. The van der Waals surface area contributed by atoms with E-state index in [1.165, 1.54) is 0 Å². The van der Waals surface area contributed by atoms with E-state index < -0.39 is 0 Å². The average molecular weight is 230 g/mol. The summed E-state index contributed by atoms with van der Waals surface area (Å²) < 4.78 is 0. The molecule has 2 N–H and O–H groups in total. The first-order chi connectivity index (χ1) is 7.20. The van der Waals surface area contributed by atoms with Crippen LogP contribution in [0, 0.1) is 0 Å². The van der Waals surface area contributed by atoms with Crippen molar-refractivity contribution in [3.63, 3.8) is 0 Å². The molecule has 0 saturated heterocycles. The molecule has 0 fully saturated rings. The Labute approximate surface area is 97.1 Å². The lowest BCUT2D eigenvalue weighted by Crippen LogP contribution is -2.13. The first-order valence-electron chi connectivity index (χ1n) is 5.36. The molecule has 3 heteroatoms. The molecule has 0 amide bonds.